The van der Waals surface area contributed by atoms with Gasteiger partial charge in [0, 0.05) is 5.56 Å². The van der Waals surface area contributed by atoms with Gasteiger partial charge in [0.05, 0.1) is 0 Å². The van der Waals surface area contributed by atoms with Crippen molar-refractivity contribution in [3.05, 3.63) is 63.7 Å². The zero-order valence-corrected chi connectivity index (χ0v) is 21.2. The predicted molar refractivity (Wildman–Crippen MR) is 132 cm³/mol. The summed E-state index contributed by atoms with van der Waals surface area (Å²) in [6.07, 6.45) is 0. The third kappa shape index (κ3) is 6.21. The summed E-state index contributed by atoms with van der Waals surface area (Å²) in [4.78, 5) is 13.2. The van der Waals surface area contributed by atoms with Crippen LogP contribution in [0.3, 0.4) is 0 Å². The minimum Gasteiger partial charge on any atom is -0.485 e. The fourth-order valence-electron chi connectivity index (χ4n) is 3.68. The fourth-order valence-corrected chi connectivity index (χ4v) is 3.68. The van der Waals surface area contributed by atoms with Crippen molar-refractivity contribution in [3.8, 4) is 5.75 Å². The molecule has 0 N–H and O–H groups in total. The Hall–Kier alpha value is -2.09. The largest absolute Gasteiger partial charge is 0.485 e. The van der Waals surface area contributed by atoms with E-state index in [1.807, 2.05) is 12.1 Å². The maximum atomic E-state index is 13.2. The molecule has 169 valence electrons. The lowest BCUT2D eigenvalue weighted by molar-refractivity contribution is 0.0919. The normalized spacial score (nSPS) is 12.0. The first-order chi connectivity index (χ1) is 14.4. The van der Waals surface area contributed by atoms with Gasteiger partial charge in [0.2, 0.25) is 0 Å². The van der Waals surface area contributed by atoms with Crippen LogP contribution in [-0.2, 0) is 0 Å². The SMILES string of the molecule is CC(C)c1[c]c(C(C)C)cc(C(=O)COc2c(C(C)C)cc(C(C)C)cc2C(C)C)c1. The first kappa shape index (κ1) is 25.2. The summed E-state index contributed by atoms with van der Waals surface area (Å²) in [6, 6.07) is 12.0. The van der Waals surface area contributed by atoms with E-state index in [-0.39, 0.29) is 12.4 Å². The van der Waals surface area contributed by atoms with Crippen molar-refractivity contribution < 1.29 is 9.53 Å². The first-order valence-electron chi connectivity index (χ1n) is 11.8. The Kier molecular flexibility index (Phi) is 8.51. The molecule has 0 unspecified atom stereocenters. The van der Waals surface area contributed by atoms with Gasteiger partial charge in [-0.15, -0.1) is 0 Å². The molecule has 0 atom stereocenters. The van der Waals surface area contributed by atoms with Gasteiger partial charge >= 0.3 is 0 Å². The highest BCUT2D eigenvalue weighted by molar-refractivity contribution is 5.97. The van der Waals surface area contributed by atoms with Crippen LogP contribution in [0.2, 0.25) is 0 Å². The van der Waals surface area contributed by atoms with Crippen molar-refractivity contribution in [3.63, 3.8) is 0 Å². The van der Waals surface area contributed by atoms with Gasteiger partial charge in [-0.3, -0.25) is 4.79 Å². The molecule has 0 aliphatic rings. The molecule has 0 fully saturated rings. The van der Waals surface area contributed by atoms with Gasteiger partial charge < -0.3 is 4.74 Å². The van der Waals surface area contributed by atoms with Crippen LogP contribution >= 0.6 is 0 Å². The Balaban J connectivity index is 2.41. The molecule has 0 saturated heterocycles. The first-order valence-corrected chi connectivity index (χ1v) is 11.8. The summed E-state index contributed by atoms with van der Waals surface area (Å²) in [6.45, 7) is 21.8. The summed E-state index contributed by atoms with van der Waals surface area (Å²) < 4.78 is 6.28. The molecule has 2 nitrogen and oxygen atoms in total. The van der Waals surface area contributed by atoms with Crippen LogP contribution in [0.4, 0.5) is 0 Å². The highest BCUT2D eigenvalue weighted by Crippen LogP contribution is 2.38. The average molecular weight is 422 g/mol. The summed E-state index contributed by atoms with van der Waals surface area (Å²) in [5.41, 5.74) is 6.60. The molecule has 0 amide bonds. The quantitative estimate of drug-likeness (QED) is 0.380. The maximum absolute atomic E-state index is 13.2. The maximum Gasteiger partial charge on any atom is 0.200 e. The Labute approximate surface area is 190 Å². The van der Waals surface area contributed by atoms with Gasteiger partial charge in [0.15, 0.2) is 12.4 Å². The van der Waals surface area contributed by atoms with Crippen LogP contribution in [0.15, 0.2) is 24.3 Å². The second-order valence-electron chi connectivity index (χ2n) is 10.3. The van der Waals surface area contributed by atoms with Crippen LogP contribution in [0.25, 0.3) is 0 Å². The van der Waals surface area contributed by atoms with Crippen molar-refractivity contribution in [2.75, 3.05) is 6.61 Å². The van der Waals surface area contributed by atoms with Crippen LogP contribution in [0.5, 0.6) is 5.75 Å². The fraction of sp³-hybridized carbons (Fsp3) is 0.552. The molecule has 2 aromatic carbocycles. The van der Waals surface area contributed by atoms with E-state index in [1.165, 1.54) is 16.7 Å². The van der Waals surface area contributed by atoms with Gasteiger partial charge in [0.25, 0.3) is 0 Å². The molecular weight excluding hydrogens is 380 g/mol. The number of benzene rings is 2. The number of rotatable bonds is 9. The third-order valence-electron chi connectivity index (χ3n) is 5.90. The minimum absolute atomic E-state index is 0.0233. The smallest absolute Gasteiger partial charge is 0.200 e. The van der Waals surface area contributed by atoms with Crippen molar-refractivity contribution >= 4 is 5.78 Å². The number of hydrogen-bond acceptors (Lipinski definition) is 2. The molecule has 0 aliphatic carbocycles. The molecule has 2 rings (SSSR count). The van der Waals surface area contributed by atoms with E-state index in [9.17, 15) is 4.79 Å². The van der Waals surface area contributed by atoms with Crippen molar-refractivity contribution in [1.82, 2.24) is 0 Å². The minimum atomic E-state index is 0.0233. The van der Waals surface area contributed by atoms with E-state index in [0.717, 1.165) is 22.4 Å². The molecule has 0 saturated carbocycles. The Morgan fingerprint density at radius 1 is 0.710 bits per heavy atom. The molecule has 0 aromatic heterocycles. The molecule has 2 aromatic rings. The van der Waals surface area contributed by atoms with E-state index in [0.29, 0.717) is 29.6 Å². The van der Waals surface area contributed by atoms with E-state index in [1.54, 1.807) is 0 Å². The second kappa shape index (κ2) is 10.5. The van der Waals surface area contributed by atoms with Gasteiger partial charge in [-0.25, -0.2) is 0 Å². The van der Waals surface area contributed by atoms with Crippen molar-refractivity contribution in [1.29, 1.82) is 0 Å². The van der Waals surface area contributed by atoms with Crippen LogP contribution in [-0.4, -0.2) is 12.4 Å². The molecule has 1 radical (unpaired) electrons. The molecular formula is C29H41O2. The predicted octanol–water partition coefficient (Wildman–Crippen LogP) is 8.37. The van der Waals surface area contributed by atoms with E-state index >= 15 is 0 Å². The van der Waals surface area contributed by atoms with Crippen LogP contribution in [0, 0.1) is 6.07 Å². The van der Waals surface area contributed by atoms with E-state index < -0.39 is 0 Å². The molecule has 0 spiro atoms. The Morgan fingerprint density at radius 3 is 1.52 bits per heavy atom. The van der Waals surface area contributed by atoms with Gasteiger partial charge in [-0.2, -0.15) is 0 Å². The lowest BCUT2D eigenvalue weighted by Gasteiger charge is -2.23. The van der Waals surface area contributed by atoms with E-state index in [4.69, 9.17) is 4.74 Å². The zero-order valence-electron chi connectivity index (χ0n) is 21.2. The molecule has 31 heavy (non-hydrogen) atoms. The summed E-state index contributed by atoms with van der Waals surface area (Å²) in [7, 11) is 0. The molecule has 0 heterocycles. The Bertz CT molecular complexity index is 846. The lowest BCUT2D eigenvalue weighted by atomic mass is 9.88. The van der Waals surface area contributed by atoms with Gasteiger partial charge in [0.1, 0.15) is 5.75 Å². The number of ether oxygens (including phenoxy) is 1. The number of hydrogen-bond donors (Lipinski definition) is 0. The number of carbonyl (C=O) groups is 1. The van der Waals surface area contributed by atoms with Crippen LogP contribution in [0.1, 0.15) is 137 Å². The number of Topliss-reactive ketones (excluding diaryl/α,β-unsaturated/α-hetero) is 1. The summed E-state index contributed by atoms with van der Waals surface area (Å²) >= 11 is 0. The topological polar surface area (TPSA) is 26.3 Å². The van der Waals surface area contributed by atoms with Gasteiger partial charge in [-0.05, 0) is 75.6 Å². The molecule has 0 aliphatic heterocycles. The molecule has 0 bridgehead atoms. The Morgan fingerprint density at radius 2 is 1.16 bits per heavy atom. The van der Waals surface area contributed by atoms with Crippen molar-refractivity contribution in [2.45, 2.75) is 98.8 Å². The standard InChI is InChI=1S/C29H41O2/c1-17(2)22-11-23(18(3)4)13-25(12-22)28(30)16-31-29-26(20(7)8)14-24(19(5)6)15-27(29)21(9)10/h12-15,17-21H,16H2,1-10H3. The van der Waals surface area contributed by atoms with E-state index in [2.05, 4.69) is 87.4 Å². The third-order valence-corrected chi connectivity index (χ3v) is 5.90. The van der Waals surface area contributed by atoms with Crippen molar-refractivity contribution in [2.24, 2.45) is 0 Å². The lowest BCUT2D eigenvalue weighted by Crippen LogP contribution is -2.15. The molecule has 2 heteroatoms. The summed E-state index contributed by atoms with van der Waals surface area (Å²) in [5.74, 6) is 2.67. The second-order valence-corrected chi connectivity index (χ2v) is 10.3. The monoisotopic (exact) mass is 421 g/mol. The highest BCUT2D eigenvalue weighted by Gasteiger charge is 2.20. The van der Waals surface area contributed by atoms with Crippen LogP contribution < -0.4 is 4.74 Å². The van der Waals surface area contributed by atoms with Gasteiger partial charge in [-0.1, -0.05) is 81.4 Å². The summed E-state index contributed by atoms with van der Waals surface area (Å²) in [5, 5.41) is 0. The zero-order chi connectivity index (χ0) is 23.5. The highest BCUT2D eigenvalue weighted by atomic mass is 16.5. The number of carbonyl (C=O) groups excluding carboxylic acids is 1. The number of ketones is 1. The average Bonchev–Trinajstić information content (AvgIpc) is 2.70.